The third-order valence-electron chi connectivity index (χ3n) is 2.39. The van der Waals surface area contributed by atoms with Crippen molar-refractivity contribution in [3.63, 3.8) is 0 Å². The Bertz CT molecular complexity index is 451. The summed E-state index contributed by atoms with van der Waals surface area (Å²) in [6.07, 6.45) is 6.43. The minimum Gasteiger partial charge on any atom is -0.192 e. The molecular formula is C11H9N3. The molecule has 0 amide bonds. The fourth-order valence-corrected chi connectivity index (χ4v) is 1.56. The van der Waals surface area contributed by atoms with Gasteiger partial charge in [0.25, 0.3) is 0 Å². The van der Waals surface area contributed by atoms with Crippen molar-refractivity contribution in [3.8, 4) is 6.07 Å². The predicted octanol–water partition coefficient (Wildman–Crippen LogP) is 2.00. The summed E-state index contributed by atoms with van der Waals surface area (Å²) in [6.45, 7) is 2.12. The zero-order chi connectivity index (χ0) is 9.97. The second-order valence-corrected chi connectivity index (χ2v) is 3.38. The number of nitrogens with zero attached hydrogens (tertiary/aromatic N) is 3. The SMILES string of the molecule is CC1CC=C(C#N)C=C1C1=C=NN=C1. The maximum atomic E-state index is 8.79. The maximum Gasteiger partial charge on any atom is 0.0988 e. The van der Waals surface area contributed by atoms with Crippen LogP contribution >= 0.6 is 0 Å². The highest BCUT2D eigenvalue weighted by atomic mass is 15.2. The van der Waals surface area contributed by atoms with E-state index < -0.39 is 0 Å². The zero-order valence-electron chi connectivity index (χ0n) is 7.86. The molecule has 1 heterocycles. The summed E-state index contributed by atoms with van der Waals surface area (Å²) in [4.78, 5) is 0. The first kappa shape index (κ1) is 8.68. The predicted molar refractivity (Wildman–Crippen MR) is 55.0 cm³/mol. The van der Waals surface area contributed by atoms with Crippen molar-refractivity contribution in [2.75, 3.05) is 0 Å². The standard InChI is InChI=1S/C11H9N3/c1-8-2-3-9(5-12)4-11(8)10-6-13-14-7-10/h3-4,6,8H,2H2,1H3. The summed E-state index contributed by atoms with van der Waals surface area (Å²) in [5.41, 5.74) is 2.72. The molecule has 0 saturated carbocycles. The Kier molecular flexibility index (Phi) is 2.14. The fraction of sp³-hybridized carbons (Fsp3) is 0.273. The van der Waals surface area contributed by atoms with Crippen molar-refractivity contribution < 1.29 is 0 Å². The van der Waals surface area contributed by atoms with E-state index in [0.717, 1.165) is 17.6 Å². The molecule has 2 rings (SSSR count). The van der Waals surface area contributed by atoms with Crippen molar-refractivity contribution in [2.45, 2.75) is 13.3 Å². The second kappa shape index (κ2) is 3.45. The minimum atomic E-state index is 0.411. The lowest BCUT2D eigenvalue weighted by molar-refractivity contribution is 0.698. The van der Waals surface area contributed by atoms with Crippen LogP contribution in [0.5, 0.6) is 0 Å². The van der Waals surface area contributed by atoms with E-state index in [1.54, 1.807) is 6.21 Å². The molecule has 0 spiro atoms. The van der Waals surface area contributed by atoms with E-state index in [4.69, 9.17) is 5.26 Å². The zero-order valence-corrected chi connectivity index (χ0v) is 7.86. The van der Waals surface area contributed by atoms with Gasteiger partial charge in [0, 0.05) is 11.4 Å². The van der Waals surface area contributed by atoms with E-state index in [1.165, 1.54) is 0 Å². The Balaban J connectivity index is 2.38. The largest absolute Gasteiger partial charge is 0.192 e. The van der Waals surface area contributed by atoms with Gasteiger partial charge in [0.05, 0.1) is 17.9 Å². The summed E-state index contributed by atoms with van der Waals surface area (Å²) < 4.78 is 0. The molecule has 0 aromatic rings. The quantitative estimate of drug-likeness (QED) is 0.613. The van der Waals surface area contributed by atoms with Gasteiger partial charge >= 0.3 is 0 Å². The molecular weight excluding hydrogens is 174 g/mol. The van der Waals surface area contributed by atoms with Gasteiger partial charge in [-0.15, -0.1) is 10.2 Å². The normalized spacial score (nSPS) is 24.0. The van der Waals surface area contributed by atoms with Gasteiger partial charge in [-0.1, -0.05) is 13.0 Å². The lowest BCUT2D eigenvalue weighted by Crippen LogP contribution is -2.06. The number of allylic oxidation sites excluding steroid dienone is 5. The summed E-state index contributed by atoms with van der Waals surface area (Å²) >= 11 is 0. The number of rotatable bonds is 1. The minimum absolute atomic E-state index is 0.411. The van der Waals surface area contributed by atoms with Crippen LogP contribution in [0, 0.1) is 17.2 Å². The van der Waals surface area contributed by atoms with Gasteiger partial charge in [-0.05, 0) is 24.0 Å². The molecule has 0 fully saturated rings. The first-order chi connectivity index (χ1) is 6.81. The number of hydrogen-bond donors (Lipinski definition) is 0. The molecule has 0 aromatic carbocycles. The maximum absolute atomic E-state index is 8.79. The van der Waals surface area contributed by atoms with Crippen LogP contribution in [-0.2, 0) is 0 Å². The average Bonchev–Trinajstić information content (AvgIpc) is 2.71. The molecule has 0 N–H and O–H groups in total. The van der Waals surface area contributed by atoms with Gasteiger partial charge in [0.1, 0.15) is 0 Å². The van der Waals surface area contributed by atoms with E-state index in [9.17, 15) is 0 Å². The van der Waals surface area contributed by atoms with Crippen LogP contribution in [-0.4, -0.2) is 12.1 Å². The Hall–Kier alpha value is -1.91. The van der Waals surface area contributed by atoms with Crippen molar-refractivity contribution >= 4 is 12.1 Å². The molecule has 0 aromatic heterocycles. The molecule has 0 bridgehead atoms. The number of hydrogen-bond acceptors (Lipinski definition) is 3. The Morgan fingerprint density at radius 2 is 2.50 bits per heavy atom. The highest BCUT2D eigenvalue weighted by Crippen LogP contribution is 2.27. The molecule has 0 saturated heterocycles. The van der Waals surface area contributed by atoms with Gasteiger partial charge in [-0.2, -0.15) is 5.26 Å². The summed E-state index contributed by atoms with van der Waals surface area (Å²) in [7, 11) is 0. The summed E-state index contributed by atoms with van der Waals surface area (Å²) in [5, 5.41) is 16.2. The fourth-order valence-electron chi connectivity index (χ4n) is 1.56. The lowest BCUT2D eigenvalue weighted by Gasteiger charge is -2.16. The van der Waals surface area contributed by atoms with E-state index in [1.807, 2.05) is 12.2 Å². The molecule has 1 unspecified atom stereocenters. The third-order valence-corrected chi connectivity index (χ3v) is 2.39. The van der Waals surface area contributed by atoms with Gasteiger partial charge in [0.2, 0.25) is 0 Å². The van der Waals surface area contributed by atoms with Crippen LogP contribution < -0.4 is 0 Å². The van der Waals surface area contributed by atoms with Crippen molar-refractivity contribution in [2.24, 2.45) is 16.1 Å². The Morgan fingerprint density at radius 3 is 3.14 bits per heavy atom. The topological polar surface area (TPSA) is 48.5 Å². The summed E-state index contributed by atoms with van der Waals surface area (Å²) in [5.74, 6) is 3.23. The average molecular weight is 183 g/mol. The number of nitriles is 1. The molecule has 1 atom stereocenters. The first-order valence-electron chi connectivity index (χ1n) is 4.49. The lowest BCUT2D eigenvalue weighted by atomic mass is 9.86. The van der Waals surface area contributed by atoms with E-state index >= 15 is 0 Å². The van der Waals surface area contributed by atoms with Gasteiger partial charge in [-0.25, -0.2) is 0 Å². The molecule has 1 aliphatic carbocycles. The van der Waals surface area contributed by atoms with Crippen LogP contribution in [0.4, 0.5) is 0 Å². The van der Waals surface area contributed by atoms with Crippen LogP contribution in [0.1, 0.15) is 13.3 Å². The van der Waals surface area contributed by atoms with Crippen molar-refractivity contribution in [3.05, 3.63) is 28.9 Å². The molecule has 3 heteroatoms. The van der Waals surface area contributed by atoms with Crippen LogP contribution in [0.25, 0.3) is 0 Å². The van der Waals surface area contributed by atoms with Gasteiger partial charge in [0.15, 0.2) is 0 Å². The molecule has 14 heavy (non-hydrogen) atoms. The Morgan fingerprint density at radius 1 is 1.64 bits per heavy atom. The summed E-state index contributed by atoms with van der Waals surface area (Å²) in [6, 6.07) is 2.15. The van der Waals surface area contributed by atoms with Crippen molar-refractivity contribution in [1.29, 1.82) is 5.26 Å². The first-order valence-corrected chi connectivity index (χ1v) is 4.49. The van der Waals surface area contributed by atoms with Crippen LogP contribution in [0.3, 0.4) is 0 Å². The molecule has 1 aliphatic heterocycles. The van der Waals surface area contributed by atoms with E-state index in [2.05, 4.69) is 29.1 Å². The third kappa shape index (κ3) is 1.44. The smallest absolute Gasteiger partial charge is 0.0988 e. The van der Waals surface area contributed by atoms with E-state index in [-0.39, 0.29) is 0 Å². The monoisotopic (exact) mass is 183 g/mol. The van der Waals surface area contributed by atoms with Crippen LogP contribution in [0.15, 0.2) is 39.1 Å². The van der Waals surface area contributed by atoms with Gasteiger partial charge < -0.3 is 0 Å². The molecule has 2 aliphatic rings. The van der Waals surface area contributed by atoms with E-state index in [0.29, 0.717) is 11.5 Å². The highest BCUT2D eigenvalue weighted by molar-refractivity contribution is 5.98. The Labute approximate surface area is 82.5 Å². The van der Waals surface area contributed by atoms with Crippen molar-refractivity contribution in [1.82, 2.24) is 0 Å². The van der Waals surface area contributed by atoms with Gasteiger partial charge in [-0.3, -0.25) is 0 Å². The highest BCUT2D eigenvalue weighted by Gasteiger charge is 2.17. The molecule has 0 radical (unpaired) electrons. The van der Waals surface area contributed by atoms with Crippen LogP contribution in [0.2, 0.25) is 0 Å². The second-order valence-electron chi connectivity index (χ2n) is 3.38. The molecule has 3 nitrogen and oxygen atoms in total. The molecule has 68 valence electrons.